The molecule has 31 heavy (non-hydrogen) atoms. The van der Waals surface area contributed by atoms with Gasteiger partial charge < -0.3 is 0 Å². The van der Waals surface area contributed by atoms with Crippen molar-refractivity contribution < 1.29 is 9.59 Å². The maximum atomic E-state index is 12.6. The van der Waals surface area contributed by atoms with Gasteiger partial charge >= 0.3 is 0 Å². The summed E-state index contributed by atoms with van der Waals surface area (Å²) in [7, 11) is 0. The molecule has 0 amide bonds. The molecule has 1 atom stereocenters. The second-order valence-electron chi connectivity index (χ2n) is 9.69. The van der Waals surface area contributed by atoms with Crippen LogP contribution in [0.5, 0.6) is 0 Å². The minimum atomic E-state index is 0.0412. The largest absolute Gasteiger partial charge is 0.289 e. The first kappa shape index (κ1) is 27.1. The average Bonchev–Trinajstić information content (AvgIpc) is 2.70. The van der Waals surface area contributed by atoms with Crippen molar-refractivity contribution in [2.45, 2.75) is 107 Å². The van der Waals surface area contributed by atoms with Crippen LogP contribution in [-0.4, -0.2) is 11.6 Å². The van der Waals surface area contributed by atoms with Crippen LogP contribution < -0.4 is 0 Å². The summed E-state index contributed by atoms with van der Waals surface area (Å²) in [5.41, 5.74) is 6.96. The quantitative estimate of drug-likeness (QED) is 0.233. The van der Waals surface area contributed by atoms with E-state index in [1.54, 1.807) is 20.8 Å². The van der Waals surface area contributed by atoms with E-state index >= 15 is 0 Å². The van der Waals surface area contributed by atoms with Crippen molar-refractivity contribution in [3.8, 4) is 0 Å². The molecule has 0 heterocycles. The molecule has 0 N–H and O–H groups in total. The first-order chi connectivity index (χ1) is 14.5. The molecule has 0 saturated carbocycles. The highest BCUT2D eigenvalue weighted by molar-refractivity contribution is 6.24. The Hall–Kier alpha value is -1.96. The monoisotopic (exact) mass is 424 g/mol. The maximum Gasteiger partial charge on any atom is 0.185 e. The third-order valence-electron chi connectivity index (χ3n) is 6.47. The van der Waals surface area contributed by atoms with Crippen LogP contribution in [0, 0.1) is 5.92 Å². The van der Waals surface area contributed by atoms with Crippen LogP contribution in [0.25, 0.3) is 0 Å². The van der Waals surface area contributed by atoms with Crippen molar-refractivity contribution in [1.29, 1.82) is 0 Å². The zero-order chi connectivity index (χ0) is 23.6. The molecular formula is C29H44O2. The number of carbonyl (C=O) groups is 2. The van der Waals surface area contributed by atoms with E-state index in [2.05, 4.69) is 52.8 Å². The van der Waals surface area contributed by atoms with Crippen LogP contribution in [0.3, 0.4) is 0 Å². The Balaban J connectivity index is 2.38. The number of ketones is 2. The molecule has 0 radical (unpaired) electrons. The molecule has 1 rings (SSSR count). The molecule has 0 aliphatic heterocycles. The third-order valence-corrected chi connectivity index (χ3v) is 6.47. The lowest BCUT2D eigenvalue weighted by molar-refractivity contribution is -0.116. The van der Waals surface area contributed by atoms with E-state index in [0.29, 0.717) is 29.1 Å². The van der Waals surface area contributed by atoms with E-state index in [0.717, 1.165) is 50.5 Å². The minimum absolute atomic E-state index is 0.0412. The second-order valence-corrected chi connectivity index (χ2v) is 9.69. The lowest BCUT2D eigenvalue weighted by atomic mass is 9.82. The topological polar surface area (TPSA) is 34.1 Å². The Morgan fingerprint density at radius 2 is 1.23 bits per heavy atom. The maximum absolute atomic E-state index is 12.6. The van der Waals surface area contributed by atoms with Crippen LogP contribution in [0.1, 0.15) is 107 Å². The first-order valence-electron chi connectivity index (χ1n) is 12.0. The highest BCUT2D eigenvalue weighted by atomic mass is 16.1. The first-order valence-corrected chi connectivity index (χ1v) is 12.0. The van der Waals surface area contributed by atoms with E-state index in [4.69, 9.17) is 0 Å². The molecule has 0 bridgehead atoms. The highest BCUT2D eigenvalue weighted by Crippen LogP contribution is 2.29. The number of carbonyl (C=O) groups excluding carboxylic acids is 2. The SMILES string of the molecule is CC(C)=CCC/C(C)=C/CC/C(C)=C/CCC(C)CCC1=C(C)C(=O)C(C)=C(C)C1=O. The van der Waals surface area contributed by atoms with Gasteiger partial charge in [0.25, 0.3) is 0 Å². The summed E-state index contributed by atoms with van der Waals surface area (Å²) in [6.07, 6.45) is 15.5. The predicted octanol–water partition coefficient (Wildman–Crippen LogP) is 8.41. The van der Waals surface area contributed by atoms with Gasteiger partial charge in [0.2, 0.25) is 0 Å². The lowest BCUT2D eigenvalue weighted by Crippen LogP contribution is -2.21. The molecule has 1 aliphatic rings. The summed E-state index contributed by atoms with van der Waals surface area (Å²) in [5.74, 6) is 0.651. The van der Waals surface area contributed by atoms with Crippen LogP contribution >= 0.6 is 0 Å². The van der Waals surface area contributed by atoms with Crippen molar-refractivity contribution in [2.24, 2.45) is 5.92 Å². The smallest absolute Gasteiger partial charge is 0.185 e. The van der Waals surface area contributed by atoms with Crippen LogP contribution in [0.2, 0.25) is 0 Å². The van der Waals surface area contributed by atoms with Gasteiger partial charge in [0, 0.05) is 22.3 Å². The molecule has 0 fully saturated rings. The van der Waals surface area contributed by atoms with Crippen LogP contribution in [-0.2, 0) is 9.59 Å². The summed E-state index contributed by atoms with van der Waals surface area (Å²) in [4.78, 5) is 24.9. The Kier molecular flexibility index (Phi) is 11.7. The van der Waals surface area contributed by atoms with Crippen LogP contribution in [0.4, 0.5) is 0 Å². The van der Waals surface area contributed by atoms with E-state index in [1.165, 1.54) is 16.7 Å². The summed E-state index contributed by atoms with van der Waals surface area (Å²) < 4.78 is 0. The molecule has 0 aromatic rings. The second kappa shape index (κ2) is 13.5. The predicted molar refractivity (Wildman–Crippen MR) is 134 cm³/mol. The normalized spacial score (nSPS) is 16.9. The lowest BCUT2D eigenvalue weighted by Gasteiger charge is -2.20. The fourth-order valence-electron chi connectivity index (χ4n) is 3.94. The van der Waals surface area contributed by atoms with Crippen molar-refractivity contribution in [1.82, 2.24) is 0 Å². The fraction of sp³-hybridized carbons (Fsp3) is 0.586. The zero-order valence-electron chi connectivity index (χ0n) is 21.3. The molecule has 2 nitrogen and oxygen atoms in total. The van der Waals surface area contributed by atoms with Gasteiger partial charge in [-0.05, 0) is 106 Å². The summed E-state index contributed by atoms with van der Waals surface area (Å²) >= 11 is 0. The Bertz CT molecular complexity index is 808. The molecule has 2 heteroatoms. The Morgan fingerprint density at radius 1 is 0.710 bits per heavy atom. The van der Waals surface area contributed by atoms with E-state index in [1.807, 2.05) is 0 Å². The Labute approximate surface area is 191 Å². The van der Waals surface area contributed by atoms with Gasteiger partial charge in [-0.1, -0.05) is 41.9 Å². The van der Waals surface area contributed by atoms with Crippen LogP contribution in [0.15, 0.2) is 57.2 Å². The number of Topliss-reactive ketones (excluding diaryl/α,β-unsaturated/α-hetero) is 2. The van der Waals surface area contributed by atoms with Gasteiger partial charge in [0.1, 0.15) is 0 Å². The molecular weight excluding hydrogens is 380 g/mol. The van der Waals surface area contributed by atoms with Crippen molar-refractivity contribution in [3.05, 3.63) is 57.2 Å². The van der Waals surface area contributed by atoms with Gasteiger partial charge in [-0.25, -0.2) is 0 Å². The molecule has 0 aromatic carbocycles. The zero-order valence-corrected chi connectivity index (χ0v) is 21.3. The van der Waals surface area contributed by atoms with Gasteiger partial charge in [-0.3, -0.25) is 9.59 Å². The number of allylic oxidation sites excluding steroid dienone is 10. The fourth-order valence-corrected chi connectivity index (χ4v) is 3.94. The number of hydrogen-bond acceptors (Lipinski definition) is 2. The summed E-state index contributed by atoms with van der Waals surface area (Å²) in [5, 5.41) is 0. The van der Waals surface area contributed by atoms with E-state index in [9.17, 15) is 9.59 Å². The van der Waals surface area contributed by atoms with Crippen molar-refractivity contribution >= 4 is 11.6 Å². The average molecular weight is 425 g/mol. The third kappa shape index (κ3) is 9.37. The van der Waals surface area contributed by atoms with Gasteiger partial charge in [-0.15, -0.1) is 0 Å². The number of hydrogen-bond donors (Lipinski definition) is 0. The summed E-state index contributed by atoms with van der Waals surface area (Å²) in [6.45, 7) is 16.4. The molecule has 0 aromatic heterocycles. The van der Waals surface area contributed by atoms with E-state index in [-0.39, 0.29) is 11.6 Å². The number of rotatable bonds is 12. The van der Waals surface area contributed by atoms with E-state index < -0.39 is 0 Å². The summed E-state index contributed by atoms with van der Waals surface area (Å²) in [6, 6.07) is 0. The minimum Gasteiger partial charge on any atom is -0.289 e. The molecule has 1 unspecified atom stereocenters. The standard InChI is InChI=1S/C29H44O2/c1-20(2)12-9-13-21(3)14-10-15-22(4)16-11-17-23(5)18-19-27-26(8)28(30)24(6)25(7)29(27)31/h12,14,16,23H,9-11,13,15,17-19H2,1-8H3/b21-14+,22-16+. The van der Waals surface area contributed by atoms with Gasteiger partial charge in [0.15, 0.2) is 11.6 Å². The van der Waals surface area contributed by atoms with Crippen molar-refractivity contribution in [3.63, 3.8) is 0 Å². The van der Waals surface area contributed by atoms with Gasteiger partial charge in [0.05, 0.1) is 0 Å². The van der Waals surface area contributed by atoms with Gasteiger partial charge in [-0.2, -0.15) is 0 Å². The van der Waals surface area contributed by atoms with Crippen molar-refractivity contribution in [2.75, 3.05) is 0 Å². The molecule has 0 spiro atoms. The molecule has 0 saturated heterocycles. The molecule has 172 valence electrons. The highest BCUT2D eigenvalue weighted by Gasteiger charge is 2.27. The Morgan fingerprint density at radius 3 is 1.81 bits per heavy atom. The molecule has 1 aliphatic carbocycles.